The minimum Gasteiger partial charge on any atom is -0.496 e. The van der Waals surface area contributed by atoms with Crippen LogP contribution in [0.1, 0.15) is 37.1 Å². The van der Waals surface area contributed by atoms with Crippen molar-refractivity contribution in [1.29, 1.82) is 0 Å². The third kappa shape index (κ3) is 4.67. The molecule has 0 bridgehead atoms. The third-order valence-corrected chi connectivity index (χ3v) is 5.25. The molecule has 0 spiro atoms. The summed E-state index contributed by atoms with van der Waals surface area (Å²) in [5, 5.41) is 4.12. The van der Waals surface area contributed by atoms with Crippen LogP contribution in [0, 0.1) is 13.8 Å². The van der Waals surface area contributed by atoms with E-state index in [9.17, 15) is 0 Å². The highest BCUT2D eigenvalue weighted by atomic mass is 32.2. The normalized spacial score (nSPS) is 14.1. The smallest absolute Gasteiger partial charge is 0.128 e. The van der Waals surface area contributed by atoms with Crippen molar-refractivity contribution in [2.45, 2.75) is 51.8 Å². The van der Waals surface area contributed by atoms with Crippen LogP contribution in [0.3, 0.4) is 0 Å². The zero-order valence-electron chi connectivity index (χ0n) is 13.6. The molecule has 0 aliphatic rings. The van der Waals surface area contributed by atoms with Gasteiger partial charge in [0.15, 0.2) is 0 Å². The molecule has 0 amide bonds. The fourth-order valence-corrected chi connectivity index (χ4v) is 3.23. The lowest BCUT2D eigenvalue weighted by molar-refractivity contribution is 0.406. The molecule has 1 N–H and O–H groups in total. The van der Waals surface area contributed by atoms with E-state index in [0.717, 1.165) is 29.2 Å². The molecule has 0 fully saturated rings. The van der Waals surface area contributed by atoms with Crippen molar-refractivity contribution in [3.63, 3.8) is 0 Å². The standard InChI is InChI=1S/C16H28N2OS/c1-7-12(3)20-10-14(17-5)8-15-13(4)16(19-6)11(2)9-18-15/h9,12,14,17H,7-8,10H2,1-6H3. The number of aryl methyl sites for hydroxylation is 1. The van der Waals surface area contributed by atoms with E-state index in [1.807, 2.05) is 31.9 Å². The molecule has 0 saturated heterocycles. The summed E-state index contributed by atoms with van der Waals surface area (Å²) in [6.07, 6.45) is 4.08. The van der Waals surface area contributed by atoms with E-state index in [1.165, 1.54) is 12.0 Å². The fraction of sp³-hybridized carbons (Fsp3) is 0.688. The molecule has 0 saturated carbocycles. The molecule has 1 rings (SSSR count). The van der Waals surface area contributed by atoms with Gasteiger partial charge in [0.1, 0.15) is 5.75 Å². The Bertz CT molecular complexity index is 423. The minimum absolute atomic E-state index is 0.451. The van der Waals surface area contributed by atoms with Crippen LogP contribution < -0.4 is 10.1 Å². The molecular formula is C16H28N2OS. The highest BCUT2D eigenvalue weighted by Gasteiger charge is 2.15. The molecule has 2 atom stereocenters. The van der Waals surface area contributed by atoms with Crippen molar-refractivity contribution >= 4 is 11.8 Å². The SMILES string of the molecule is CCC(C)SCC(Cc1ncc(C)c(OC)c1C)NC. The molecule has 0 radical (unpaired) electrons. The Morgan fingerprint density at radius 2 is 2.10 bits per heavy atom. The lowest BCUT2D eigenvalue weighted by Gasteiger charge is -2.19. The highest BCUT2D eigenvalue weighted by molar-refractivity contribution is 7.99. The summed E-state index contributed by atoms with van der Waals surface area (Å²) < 4.78 is 5.48. The number of rotatable bonds is 8. The second kappa shape index (κ2) is 8.53. The van der Waals surface area contributed by atoms with E-state index < -0.39 is 0 Å². The first-order valence-corrected chi connectivity index (χ1v) is 8.36. The van der Waals surface area contributed by atoms with Crippen LogP contribution in [-0.4, -0.2) is 36.2 Å². The van der Waals surface area contributed by atoms with Crippen LogP contribution in [0.4, 0.5) is 0 Å². The molecule has 1 aromatic heterocycles. The van der Waals surface area contributed by atoms with Gasteiger partial charge in [0.05, 0.1) is 7.11 Å². The number of hydrogen-bond donors (Lipinski definition) is 1. The molecule has 0 aliphatic heterocycles. The van der Waals surface area contributed by atoms with Crippen molar-refractivity contribution in [3.8, 4) is 5.75 Å². The summed E-state index contributed by atoms with van der Waals surface area (Å²) in [5.74, 6) is 2.09. The topological polar surface area (TPSA) is 34.1 Å². The van der Waals surface area contributed by atoms with Gasteiger partial charge < -0.3 is 10.1 Å². The van der Waals surface area contributed by atoms with E-state index in [0.29, 0.717) is 11.3 Å². The number of hydrogen-bond acceptors (Lipinski definition) is 4. The van der Waals surface area contributed by atoms with Gasteiger partial charge in [0.25, 0.3) is 0 Å². The quantitative estimate of drug-likeness (QED) is 0.797. The molecular weight excluding hydrogens is 268 g/mol. The largest absolute Gasteiger partial charge is 0.496 e. The van der Waals surface area contributed by atoms with Crippen molar-refractivity contribution in [2.24, 2.45) is 0 Å². The van der Waals surface area contributed by atoms with Crippen molar-refractivity contribution in [2.75, 3.05) is 19.9 Å². The van der Waals surface area contributed by atoms with Crippen LogP contribution >= 0.6 is 11.8 Å². The molecule has 1 aromatic rings. The zero-order chi connectivity index (χ0) is 15.1. The van der Waals surface area contributed by atoms with E-state index in [2.05, 4.69) is 31.1 Å². The first-order chi connectivity index (χ1) is 9.53. The summed E-state index contributed by atoms with van der Waals surface area (Å²) in [6, 6.07) is 0.451. The number of likely N-dealkylation sites (N-methyl/N-ethyl adjacent to an activating group) is 1. The Morgan fingerprint density at radius 3 is 2.65 bits per heavy atom. The maximum atomic E-state index is 5.48. The molecule has 114 valence electrons. The Labute approximate surface area is 127 Å². The van der Waals surface area contributed by atoms with Gasteiger partial charge in [-0.1, -0.05) is 13.8 Å². The molecule has 4 heteroatoms. The van der Waals surface area contributed by atoms with E-state index in [-0.39, 0.29) is 0 Å². The van der Waals surface area contributed by atoms with E-state index in [1.54, 1.807) is 7.11 Å². The summed E-state index contributed by atoms with van der Waals surface area (Å²) in [7, 11) is 3.76. The Balaban J connectivity index is 2.75. The maximum absolute atomic E-state index is 5.48. The van der Waals surface area contributed by atoms with Crippen molar-refractivity contribution in [3.05, 3.63) is 23.0 Å². The predicted octanol–water partition coefficient (Wildman–Crippen LogP) is 3.37. The van der Waals surface area contributed by atoms with Gasteiger partial charge in [-0.25, -0.2) is 0 Å². The molecule has 3 nitrogen and oxygen atoms in total. The Morgan fingerprint density at radius 1 is 1.40 bits per heavy atom. The van der Waals surface area contributed by atoms with Gasteiger partial charge in [-0.2, -0.15) is 11.8 Å². The Kier molecular flexibility index (Phi) is 7.38. The number of nitrogens with one attached hydrogen (secondary N) is 1. The summed E-state index contributed by atoms with van der Waals surface area (Å²) in [6.45, 7) is 8.66. The lowest BCUT2D eigenvalue weighted by Crippen LogP contribution is -2.31. The molecule has 0 aromatic carbocycles. The van der Waals surface area contributed by atoms with Crippen LogP contribution in [0.2, 0.25) is 0 Å². The number of nitrogens with zero attached hydrogens (tertiary/aromatic N) is 1. The van der Waals surface area contributed by atoms with Crippen LogP contribution in [0.5, 0.6) is 5.75 Å². The third-order valence-electron chi connectivity index (χ3n) is 3.75. The predicted molar refractivity (Wildman–Crippen MR) is 89.0 cm³/mol. The maximum Gasteiger partial charge on any atom is 0.128 e. The van der Waals surface area contributed by atoms with Gasteiger partial charge in [-0.15, -0.1) is 0 Å². The summed E-state index contributed by atoms with van der Waals surface area (Å²) >= 11 is 2.03. The zero-order valence-corrected chi connectivity index (χ0v) is 14.4. The van der Waals surface area contributed by atoms with Crippen LogP contribution in [0.25, 0.3) is 0 Å². The van der Waals surface area contributed by atoms with Gasteiger partial charge in [-0.3, -0.25) is 4.98 Å². The van der Waals surface area contributed by atoms with Gasteiger partial charge in [-0.05, 0) is 27.3 Å². The molecule has 2 unspecified atom stereocenters. The van der Waals surface area contributed by atoms with Crippen LogP contribution in [-0.2, 0) is 6.42 Å². The average molecular weight is 296 g/mol. The fourth-order valence-electron chi connectivity index (χ4n) is 2.15. The van der Waals surface area contributed by atoms with E-state index >= 15 is 0 Å². The first kappa shape index (κ1) is 17.3. The monoisotopic (exact) mass is 296 g/mol. The van der Waals surface area contributed by atoms with Crippen molar-refractivity contribution in [1.82, 2.24) is 10.3 Å². The van der Waals surface area contributed by atoms with Gasteiger partial charge >= 0.3 is 0 Å². The lowest BCUT2D eigenvalue weighted by atomic mass is 10.1. The Hall–Kier alpha value is -0.740. The van der Waals surface area contributed by atoms with Gasteiger partial charge in [0, 0.05) is 46.5 Å². The molecule has 1 heterocycles. The number of thioether (sulfide) groups is 1. The number of aromatic nitrogens is 1. The molecule has 20 heavy (non-hydrogen) atoms. The minimum atomic E-state index is 0.451. The van der Waals surface area contributed by atoms with Crippen molar-refractivity contribution < 1.29 is 4.74 Å². The second-order valence-electron chi connectivity index (χ2n) is 5.29. The van der Waals surface area contributed by atoms with E-state index in [4.69, 9.17) is 4.74 Å². The summed E-state index contributed by atoms with van der Waals surface area (Å²) in [4.78, 5) is 4.59. The number of methoxy groups -OCH3 is 1. The number of pyridine rings is 1. The average Bonchev–Trinajstić information content (AvgIpc) is 2.45. The molecule has 0 aliphatic carbocycles. The first-order valence-electron chi connectivity index (χ1n) is 7.31. The second-order valence-corrected chi connectivity index (χ2v) is 6.76. The van der Waals surface area contributed by atoms with Gasteiger partial charge in [0.2, 0.25) is 0 Å². The highest BCUT2D eigenvalue weighted by Crippen LogP contribution is 2.25. The number of ether oxygens (including phenoxy) is 1. The van der Waals surface area contributed by atoms with Crippen LogP contribution in [0.15, 0.2) is 6.20 Å². The summed E-state index contributed by atoms with van der Waals surface area (Å²) in [5.41, 5.74) is 3.40.